The van der Waals surface area contributed by atoms with E-state index < -0.39 is 0 Å². The molecule has 1 atom stereocenters. The number of aryl methyl sites for hydroxylation is 2. The third-order valence-corrected chi connectivity index (χ3v) is 5.43. The van der Waals surface area contributed by atoms with Crippen LogP contribution < -0.4 is 11.1 Å². The maximum atomic E-state index is 6.36. The van der Waals surface area contributed by atoms with Crippen molar-refractivity contribution >= 4 is 28.4 Å². The summed E-state index contributed by atoms with van der Waals surface area (Å²) in [5, 5.41) is 4.34. The molecule has 0 spiro atoms. The Balaban J connectivity index is 1.54. The molecule has 2 aromatic heterocycles. The Morgan fingerprint density at radius 2 is 1.89 bits per heavy atom. The number of anilines is 3. The lowest BCUT2D eigenvalue weighted by Gasteiger charge is -2.15. The molecule has 28 heavy (non-hydrogen) atoms. The van der Waals surface area contributed by atoms with Crippen LogP contribution in [-0.2, 0) is 6.42 Å². The molecular formula is C23H21N5. The topological polar surface area (TPSA) is 76.7 Å². The van der Waals surface area contributed by atoms with Crippen LogP contribution in [0.5, 0.6) is 0 Å². The fourth-order valence-electron chi connectivity index (χ4n) is 4.08. The van der Waals surface area contributed by atoms with E-state index in [1.807, 2.05) is 25.1 Å². The quantitative estimate of drug-likeness (QED) is 0.547. The maximum absolute atomic E-state index is 6.36. The van der Waals surface area contributed by atoms with E-state index in [1.54, 1.807) is 6.20 Å². The van der Waals surface area contributed by atoms with Gasteiger partial charge in [-0.05, 0) is 61.2 Å². The molecule has 0 aliphatic heterocycles. The number of nitrogen functional groups attached to an aromatic ring is 1. The van der Waals surface area contributed by atoms with Crippen LogP contribution in [0.3, 0.4) is 0 Å². The number of hydrogen-bond donors (Lipinski definition) is 2. The monoisotopic (exact) mass is 367 g/mol. The summed E-state index contributed by atoms with van der Waals surface area (Å²) in [4.78, 5) is 13.4. The predicted octanol–water partition coefficient (Wildman–Crippen LogP) is 4.74. The Labute approximate surface area is 163 Å². The van der Waals surface area contributed by atoms with Crippen LogP contribution in [0, 0.1) is 6.92 Å². The third-order valence-electron chi connectivity index (χ3n) is 5.43. The van der Waals surface area contributed by atoms with Crippen molar-refractivity contribution in [3.05, 3.63) is 83.2 Å². The fraction of sp³-hybridized carbons (Fsp3) is 0.174. The number of fused-ring (bicyclic) bond motifs is 2. The number of rotatable bonds is 3. The fourth-order valence-corrected chi connectivity index (χ4v) is 4.08. The van der Waals surface area contributed by atoms with Gasteiger partial charge in [-0.15, -0.1) is 0 Å². The van der Waals surface area contributed by atoms with Crippen molar-refractivity contribution in [3.63, 3.8) is 0 Å². The first kappa shape index (κ1) is 16.7. The highest BCUT2D eigenvalue weighted by Gasteiger charge is 2.25. The van der Waals surface area contributed by atoms with Crippen LogP contribution in [0.1, 0.15) is 34.7 Å². The number of aromatic nitrogens is 3. The normalized spacial score (nSPS) is 15.5. The molecule has 5 heteroatoms. The van der Waals surface area contributed by atoms with Gasteiger partial charge in [-0.25, -0.2) is 15.0 Å². The lowest BCUT2D eigenvalue weighted by Crippen LogP contribution is -2.04. The van der Waals surface area contributed by atoms with Gasteiger partial charge < -0.3 is 11.1 Å². The van der Waals surface area contributed by atoms with E-state index in [2.05, 4.69) is 56.7 Å². The second kappa shape index (κ2) is 6.60. The molecule has 0 saturated carbocycles. The first-order valence-electron chi connectivity index (χ1n) is 9.52. The summed E-state index contributed by atoms with van der Waals surface area (Å²) < 4.78 is 0. The zero-order valence-corrected chi connectivity index (χ0v) is 15.7. The minimum atomic E-state index is 0.310. The van der Waals surface area contributed by atoms with Crippen LogP contribution in [0.4, 0.5) is 17.5 Å². The smallest absolute Gasteiger partial charge is 0.227 e. The second-order valence-corrected chi connectivity index (χ2v) is 7.31. The SMILES string of the molecule is Cc1ccnc(Nc2ccc3nc(N)c([C@@H]4CCc5ccccc54)cc3c2)n1. The molecule has 0 amide bonds. The molecule has 5 nitrogen and oxygen atoms in total. The van der Waals surface area contributed by atoms with Crippen molar-refractivity contribution in [3.8, 4) is 0 Å². The number of hydrogen-bond acceptors (Lipinski definition) is 5. The van der Waals surface area contributed by atoms with Crippen molar-refractivity contribution in [2.45, 2.75) is 25.7 Å². The Kier molecular flexibility index (Phi) is 3.93. The van der Waals surface area contributed by atoms with Gasteiger partial charge in [-0.3, -0.25) is 0 Å². The summed E-state index contributed by atoms with van der Waals surface area (Å²) >= 11 is 0. The first-order valence-corrected chi connectivity index (χ1v) is 9.52. The minimum absolute atomic E-state index is 0.310. The zero-order chi connectivity index (χ0) is 19.1. The maximum Gasteiger partial charge on any atom is 0.227 e. The van der Waals surface area contributed by atoms with Crippen LogP contribution in [-0.4, -0.2) is 15.0 Å². The van der Waals surface area contributed by atoms with E-state index in [9.17, 15) is 0 Å². The van der Waals surface area contributed by atoms with Gasteiger partial charge >= 0.3 is 0 Å². The van der Waals surface area contributed by atoms with Gasteiger partial charge in [0.05, 0.1) is 5.52 Å². The Hall–Kier alpha value is -3.47. The standard InChI is InChI=1S/C23H21N5/c1-14-10-11-25-23(26-14)27-17-7-9-21-16(12-17)13-20(22(24)28-21)19-8-6-15-4-2-3-5-18(15)19/h2-5,7,9-13,19H,6,8H2,1H3,(H2,24,28)(H,25,26,27)/t19-/m1/s1. The van der Waals surface area contributed by atoms with E-state index in [1.165, 1.54) is 11.1 Å². The van der Waals surface area contributed by atoms with Crippen molar-refractivity contribution < 1.29 is 0 Å². The summed E-state index contributed by atoms with van der Waals surface area (Å²) in [5.41, 5.74) is 13.0. The van der Waals surface area contributed by atoms with Gasteiger partial charge in [0.25, 0.3) is 0 Å². The number of benzene rings is 2. The Morgan fingerprint density at radius 1 is 1.00 bits per heavy atom. The molecule has 2 heterocycles. The van der Waals surface area contributed by atoms with Crippen LogP contribution >= 0.6 is 0 Å². The number of nitrogens with two attached hydrogens (primary N) is 1. The summed E-state index contributed by atoms with van der Waals surface area (Å²) in [5.74, 6) is 1.52. The molecule has 1 aliphatic carbocycles. The van der Waals surface area contributed by atoms with E-state index >= 15 is 0 Å². The van der Waals surface area contributed by atoms with E-state index in [0.717, 1.165) is 40.7 Å². The highest BCUT2D eigenvalue weighted by molar-refractivity contribution is 5.85. The van der Waals surface area contributed by atoms with Crippen molar-refractivity contribution in [2.24, 2.45) is 0 Å². The molecule has 5 rings (SSSR count). The largest absolute Gasteiger partial charge is 0.383 e. The summed E-state index contributed by atoms with van der Waals surface area (Å²) in [6, 6.07) is 18.7. The van der Waals surface area contributed by atoms with Crippen molar-refractivity contribution in [1.82, 2.24) is 15.0 Å². The zero-order valence-electron chi connectivity index (χ0n) is 15.7. The molecule has 1 aliphatic rings. The first-order chi connectivity index (χ1) is 13.7. The van der Waals surface area contributed by atoms with Crippen LogP contribution in [0.2, 0.25) is 0 Å². The lowest BCUT2D eigenvalue weighted by molar-refractivity contribution is 0.788. The van der Waals surface area contributed by atoms with Gasteiger partial charge in [0.1, 0.15) is 5.82 Å². The number of nitrogens with one attached hydrogen (secondary N) is 1. The van der Waals surface area contributed by atoms with Crippen molar-refractivity contribution in [2.75, 3.05) is 11.1 Å². The summed E-state index contributed by atoms with van der Waals surface area (Å²) in [7, 11) is 0. The number of nitrogens with zero attached hydrogens (tertiary/aromatic N) is 3. The molecule has 138 valence electrons. The second-order valence-electron chi connectivity index (χ2n) is 7.31. The molecule has 0 unspecified atom stereocenters. The van der Waals surface area contributed by atoms with E-state index in [0.29, 0.717) is 17.7 Å². The molecule has 2 aromatic carbocycles. The van der Waals surface area contributed by atoms with E-state index in [-0.39, 0.29) is 0 Å². The molecule has 0 saturated heterocycles. The highest BCUT2D eigenvalue weighted by Crippen LogP contribution is 2.40. The van der Waals surface area contributed by atoms with Crippen LogP contribution in [0.15, 0.2) is 60.8 Å². The molecule has 0 bridgehead atoms. The van der Waals surface area contributed by atoms with E-state index in [4.69, 9.17) is 5.73 Å². The molecule has 0 radical (unpaired) electrons. The molecular weight excluding hydrogens is 346 g/mol. The molecule has 0 fully saturated rings. The lowest BCUT2D eigenvalue weighted by atomic mass is 9.92. The highest BCUT2D eigenvalue weighted by atomic mass is 15.1. The van der Waals surface area contributed by atoms with Gasteiger partial charge in [0, 0.05) is 34.4 Å². The number of pyridine rings is 1. The molecule has 4 aromatic rings. The Morgan fingerprint density at radius 3 is 2.79 bits per heavy atom. The summed E-state index contributed by atoms with van der Waals surface area (Å²) in [6.45, 7) is 1.95. The average Bonchev–Trinajstić information content (AvgIpc) is 3.12. The third kappa shape index (κ3) is 2.95. The van der Waals surface area contributed by atoms with Crippen LogP contribution in [0.25, 0.3) is 10.9 Å². The van der Waals surface area contributed by atoms with Gasteiger partial charge in [0.2, 0.25) is 5.95 Å². The van der Waals surface area contributed by atoms with Gasteiger partial charge in [0.15, 0.2) is 0 Å². The average molecular weight is 367 g/mol. The minimum Gasteiger partial charge on any atom is -0.383 e. The van der Waals surface area contributed by atoms with Gasteiger partial charge in [-0.2, -0.15) is 0 Å². The van der Waals surface area contributed by atoms with Gasteiger partial charge in [-0.1, -0.05) is 24.3 Å². The van der Waals surface area contributed by atoms with Crippen molar-refractivity contribution in [1.29, 1.82) is 0 Å². The predicted molar refractivity (Wildman–Crippen MR) is 113 cm³/mol. The Bertz CT molecular complexity index is 1180. The summed E-state index contributed by atoms with van der Waals surface area (Å²) in [6.07, 6.45) is 3.92. The molecule has 3 N–H and O–H groups in total.